The molecule has 20 heavy (non-hydrogen) atoms. The number of sulfonamides is 1. The molecule has 0 aliphatic heterocycles. The summed E-state index contributed by atoms with van der Waals surface area (Å²) >= 11 is 1.29. The van der Waals surface area contributed by atoms with Gasteiger partial charge in [0.1, 0.15) is 16.6 Å². The molecule has 2 aromatic rings. The van der Waals surface area contributed by atoms with Crippen LogP contribution in [0.15, 0.2) is 26.2 Å². The predicted molar refractivity (Wildman–Crippen MR) is 71.0 cm³/mol. The number of carboxylic acid groups (broad SMARTS) is 1. The molecule has 7 nitrogen and oxygen atoms in total. The van der Waals surface area contributed by atoms with Crippen LogP contribution in [-0.2, 0) is 14.8 Å². The van der Waals surface area contributed by atoms with Crippen LogP contribution < -0.4 is 4.72 Å². The fourth-order valence-corrected chi connectivity index (χ4v) is 3.97. The SMILES string of the molecule is Cc1noc(C)c1S(=O)(=O)NC(C(=O)O)c1ccsc1. The molecular weight excluding hydrogens is 304 g/mol. The average Bonchev–Trinajstić information content (AvgIpc) is 2.96. The van der Waals surface area contributed by atoms with Gasteiger partial charge in [-0.15, -0.1) is 0 Å². The van der Waals surface area contributed by atoms with Crippen LogP contribution in [-0.4, -0.2) is 24.7 Å². The molecule has 2 heterocycles. The van der Waals surface area contributed by atoms with Crippen molar-refractivity contribution >= 4 is 27.3 Å². The molecule has 2 rings (SSSR count). The van der Waals surface area contributed by atoms with Gasteiger partial charge in [0.2, 0.25) is 10.0 Å². The lowest BCUT2D eigenvalue weighted by Crippen LogP contribution is -2.34. The van der Waals surface area contributed by atoms with Gasteiger partial charge in [0.25, 0.3) is 0 Å². The lowest BCUT2D eigenvalue weighted by molar-refractivity contribution is -0.139. The van der Waals surface area contributed by atoms with Crippen molar-refractivity contribution in [1.82, 2.24) is 9.88 Å². The normalized spacial score (nSPS) is 13.3. The molecule has 0 saturated carbocycles. The van der Waals surface area contributed by atoms with E-state index in [-0.39, 0.29) is 16.3 Å². The van der Waals surface area contributed by atoms with E-state index in [1.807, 2.05) is 0 Å². The molecule has 0 bridgehead atoms. The van der Waals surface area contributed by atoms with E-state index in [2.05, 4.69) is 9.88 Å². The minimum absolute atomic E-state index is 0.115. The van der Waals surface area contributed by atoms with Crippen LogP contribution in [0.5, 0.6) is 0 Å². The third-order valence-electron chi connectivity index (χ3n) is 2.63. The van der Waals surface area contributed by atoms with Crippen molar-refractivity contribution in [3.63, 3.8) is 0 Å². The highest BCUT2D eigenvalue weighted by Gasteiger charge is 2.31. The number of nitrogens with one attached hydrogen (secondary N) is 1. The molecule has 0 aliphatic rings. The number of thiophene rings is 1. The van der Waals surface area contributed by atoms with E-state index >= 15 is 0 Å². The number of aryl methyl sites for hydroxylation is 2. The standard InChI is InChI=1S/C11H12N2O5S2/c1-6-10(7(2)18-12-6)20(16,17)13-9(11(14)15)8-3-4-19-5-8/h3-5,9,13H,1-2H3,(H,14,15). The zero-order valence-corrected chi connectivity index (χ0v) is 12.3. The Morgan fingerprint density at radius 3 is 2.65 bits per heavy atom. The van der Waals surface area contributed by atoms with Gasteiger partial charge in [-0.1, -0.05) is 5.16 Å². The lowest BCUT2D eigenvalue weighted by Gasteiger charge is -2.13. The minimum Gasteiger partial charge on any atom is -0.480 e. The van der Waals surface area contributed by atoms with Gasteiger partial charge in [-0.25, -0.2) is 8.42 Å². The van der Waals surface area contributed by atoms with E-state index in [1.165, 1.54) is 25.2 Å². The molecule has 1 atom stereocenters. The smallest absolute Gasteiger partial charge is 0.326 e. The second-order valence-corrected chi connectivity index (χ2v) is 6.53. The summed E-state index contributed by atoms with van der Waals surface area (Å²) in [5, 5.41) is 16.0. The number of nitrogens with zero attached hydrogens (tertiary/aromatic N) is 1. The first-order valence-electron chi connectivity index (χ1n) is 5.53. The Balaban J connectivity index is 2.38. The topological polar surface area (TPSA) is 110 Å². The molecule has 2 N–H and O–H groups in total. The third-order valence-corrected chi connectivity index (χ3v) is 5.00. The molecule has 0 spiro atoms. The Morgan fingerprint density at radius 2 is 2.20 bits per heavy atom. The second-order valence-electron chi connectivity index (χ2n) is 4.10. The van der Waals surface area contributed by atoms with Crippen molar-refractivity contribution in [2.45, 2.75) is 24.8 Å². The van der Waals surface area contributed by atoms with Crippen molar-refractivity contribution in [2.24, 2.45) is 0 Å². The molecule has 2 aromatic heterocycles. The van der Waals surface area contributed by atoms with E-state index < -0.39 is 22.0 Å². The van der Waals surface area contributed by atoms with Gasteiger partial charge in [-0.2, -0.15) is 16.1 Å². The van der Waals surface area contributed by atoms with E-state index in [0.29, 0.717) is 5.56 Å². The van der Waals surface area contributed by atoms with Crippen LogP contribution in [0.2, 0.25) is 0 Å². The molecule has 0 aromatic carbocycles. The highest BCUT2D eigenvalue weighted by molar-refractivity contribution is 7.89. The van der Waals surface area contributed by atoms with Crippen LogP contribution >= 0.6 is 11.3 Å². The summed E-state index contributed by atoms with van der Waals surface area (Å²) in [5.74, 6) is -1.16. The van der Waals surface area contributed by atoms with E-state index in [9.17, 15) is 18.3 Å². The minimum atomic E-state index is -4.03. The Hall–Kier alpha value is -1.71. The zero-order chi connectivity index (χ0) is 14.9. The molecule has 0 radical (unpaired) electrons. The molecule has 0 fully saturated rings. The number of rotatable bonds is 5. The van der Waals surface area contributed by atoms with Crippen molar-refractivity contribution in [3.8, 4) is 0 Å². The van der Waals surface area contributed by atoms with Gasteiger partial charge >= 0.3 is 5.97 Å². The molecular formula is C11H12N2O5S2. The lowest BCUT2D eigenvalue weighted by atomic mass is 10.2. The van der Waals surface area contributed by atoms with Crippen molar-refractivity contribution in [2.75, 3.05) is 0 Å². The predicted octanol–water partition coefficient (Wildman–Crippen LogP) is 1.46. The number of hydrogen-bond acceptors (Lipinski definition) is 6. The average molecular weight is 316 g/mol. The van der Waals surface area contributed by atoms with Gasteiger partial charge in [0.15, 0.2) is 5.76 Å². The summed E-state index contributed by atoms with van der Waals surface area (Å²) in [7, 11) is -4.03. The van der Waals surface area contributed by atoms with Gasteiger partial charge < -0.3 is 9.63 Å². The van der Waals surface area contributed by atoms with Crippen molar-refractivity contribution in [3.05, 3.63) is 33.8 Å². The Kier molecular flexibility index (Phi) is 3.93. The maximum atomic E-state index is 12.3. The fraction of sp³-hybridized carbons (Fsp3) is 0.273. The number of aromatic nitrogens is 1. The van der Waals surface area contributed by atoms with Crippen LogP contribution in [0.25, 0.3) is 0 Å². The summed E-state index contributed by atoms with van der Waals surface area (Å²) in [6, 6.07) is 0.208. The first-order chi connectivity index (χ1) is 9.33. The van der Waals surface area contributed by atoms with Crippen LogP contribution in [0.3, 0.4) is 0 Å². The zero-order valence-electron chi connectivity index (χ0n) is 10.7. The molecule has 0 aliphatic carbocycles. The Labute approximate surface area is 119 Å². The van der Waals surface area contributed by atoms with Crippen LogP contribution in [0, 0.1) is 13.8 Å². The van der Waals surface area contributed by atoms with E-state index in [1.54, 1.807) is 16.8 Å². The highest BCUT2D eigenvalue weighted by Crippen LogP contribution is 2.23. The maximum absolute atomic E-state index is 12.3. The highest BCUT2D eigenvalue weighted by atomic mass is 32.2. The summed E-state index contributed by atoms with van der Waals surface area (Å²) in [4.78, 5) is 11.1. The Bertz CT molecular complexity index is 699. The van der Waals surface area contributed by atoms with Crippen molar-refractivity contribution in [1.29, 1.82) is 0 Å². The Morgan fingerprint density at radius 1 is 1.50 bits per heavy atom. The second kappa shape index (κ2) is 5.35. The summed E-state index contributed by atoms with van der Waals surface area (Å²) in [6.07, 6.45) is 0. The molecule has 0 saturated heterocycles. The van der Waals surface area contributed by atoms with Gasteiger partial charge in [0, 0.05) is 0 Å². The number of aliphatic carboxylic acids is 1. The quantitative estimate of drug-likeness (QED) is 0.864. The number of carboxylic acids is 1. The van der Waals surface area contributed by atoms with Crippen LogP contribution in [0.1, 0.15) is 23.1 Å². The van der Waals surface area contributed by atoms with Gasteiger partial charge in [0.05, 0.1) is 0 Å². The van der Waals surface area contributed by atoms with Gasteiger partial charge in [-0.05, 0) is 36.2 Å². The fourth-order valence-electron chi connectivity index (χ4n) is 1.77. The summed E-state index contributed by atoms with van der Waals surface area (Å²) in [6.45, 7) is 2.93. The van der Waals surface area contributed by atoms with Crippen molar-refractivity contribution < 1.29 is 22.8 Å². The summed E-state index contributed by atoms with van der Waals surface area (Å²) in [5.41, 5.74) is 0.558. The summed E-state index contributed by atoms with van der Waals surface area (Å²) < 4.78 is 31.5. The molecule has 1 unspecified atom stereocenters. The van der Waals surface area contributed by atoms with E-state index in [4.69, 9.17) is 4.52 Å². The molecule has 9 heteroatoms. The number of hydrogen-bond donors (Lipinski definition) is 2. The molecule has 108 valence electrons. The largest absolute Gasteiger partial charge is 0.480 e. The van der Waals surface area contributed by atoms with Crippen LogP contribution in [0.4, 0.5) is 0 Å². The van der Waals surface area contributed by atoms with Gasteiger partial charge in [-0.3, -0.25) is 4.79 Å². The first-order valence-corrected chi connectivity index (χ1v) is 7.95. The third kappa shape index (κ3) is 2.74. The monoisotopic (exact) mass is 316 g/mol. The maximum Gasteiger partial charge on any atom is 0.326 e. The first kappa shape index (κ1) is 14.7. The molecule has 0 amide bonds. The number of carbonyl (C=O) groups is 1. The van der Waals surface area contributed by atoms with E-state index in [0.717, 1.165) is 0 Å².